The SMILES string of the molecule is Nc1cc(F)cc(F)c1.O=C(Nc1cc(F)cc(F)c1)OCc1ccccc1. The first-order valence-corrected chi connectivity index (χ1v) is 7.97. The van der Waals surface area contributed by atoms with E-state index in [1.54, 1.807) is 12.1 Å². The Morgan fingerprint density at radius 1 is 0.821 bits per heavy atom. The maximum atomic E-state index is 12.9. The van der Waals surface area contributed by atoms with E-state index in [0.717, 1.165) is 42.0 Å². The number of rotatable bonds is 3. The quantitative estimate of drug-likeness (QED) is 0.472. The summed E-state index contributed by atoms with van der Waals surface area (Å²) >= 11 is 0. The van der Waals surface area contributed by atoms with Crippen LogP contribution in [0.2, 0.25) is 0 Å². The van der Waals surface area contributed by atoms with Crippen molar-refractivity contribution in [2.45, 2.75) is 6.61 Å². The van der Waals surface area contributed by atoms with Gasteiger partial charge in [0.2, 0.25) is 0 Å². The van der Waals surface area contributed by atoms with Gasteiger partial charge in [0.05, 0.1) is 0 Å². The first-order valence-electron chi connectivity index (χ1n) is 7.97. The van der Waals surface area contributed by atoms with Gasteiger partial charge < -0.3 is 10.5 Å². The molecule has 4 nitrogen and oxygen atoms in total. The fraction of sp³-hybridized carbons (Fsp3) is 0.0500. The van der Waals surface area contributed by atoms with Gasteiger partial charge in [-0.25, -0.2) is 22.4 Å². The molecule has 3 aromatic rings. The second kappa shape index (κ2) is 9.96. The number of nitrogens with one attached hydrogen (secondary N) is 1. The van der Waals surface area contributed by atoms with E-state index in [1.165, 1.54) is 0 Å². The molecule has 3 N–H and O–H groups in total. The molecule has 28 heavy (non-hydrogen) atoms. The molecule has 8 heteroatoms. The van der Waals surface area contributed by atoms with Crippen molar-refractivity contribution in [3.63, 3.8) is 0 Å². The number of amides is 1. The largest absolute Gasteiger partial charge is 0.444 e. The second-order valence-corrected chi connectivity index (χ2v) is 5.55. The molecule has 0 radical (unpaired) electrons. The summed E-state index contributed by atoms with van der Waals surface area (Å²) in [5.74, 6) is -2.82. The smallest absolute Gasteiger partial charge is 0.411 e. The lowest BCUT2D eigenvalue weighted by Gasteiger charge is -2.07. The Kier molecular flexibility index (Phi) is 7.38. The highest BCUT2D eigenvalue weighted by atomic mass is 19.1. The average molecular weight is 392 g/mol. The van der Waals surface area contributed by atoms with Crippen LogP contribution < -0.4 is 11.1 Å². The molecule has 3 aromatic carbocycles. The van der Waals surface area contributed by atoms with Gasteiger partial charge in [0, 0.05) is 23.5 Å². The Hall–Kier alpha value is -3.55. The van der Waals surface area contributed by atoms with Gasteiger partial charge in [-0.2, -0.15) is 0 Å². The topological polar surface area (TPSA) is 64.4 Å². The van der Waals surface area contributed by atoms with Gasteiger partial charge in [0.1, 0.15) is 29.9 Å². The third-order valence-electron chi connectivity index (χ3n) is 3.21. The van der Waals surface area contributed by atoms with Gasteiger partial charge >= 0.3 is 6.09 Å². The van der Waals surface area contributed by atoms with Crippen LogP contribution in [0.1, 0.15) is 5.56 Å². The number of nitrogen functional groups attached to an aromatic ring is 1. The molecule has 0 fully saturated rings. The van der Waals surface area contributed by atoms with E-state index < -0.39 is 29.4 Å². The summed E-state index contributed by atoms with van der Waals surface area (Å²) in [6, 6.07) is 14.7. The molecule has 0 aliphatic rings. The third-order valence-corrected chi connectivity index (χ3v) is 3.21. The average Bonchev–Trinajstić information content (AvgIpc) is 2.59. The maximum Gasteiger partial charge on any atom is 0.411 e. The van der Waals surface area contributed by atoms with Crippen molar-refractivity contribution in [1.29, 1.82) is 0 Å². The highest BCUT2D eigenvalue weighted by Gasteiger charge is 2.06. The van der Waals surface area contributed by atoms with Crippen LogP contribution in [0.15, 0.2) is 66.7 Å². The molecule has 0 heterocycles. The highest BCUT2D eigenvalue weighted by molar-refractivity contribution is 5.84. The molecule has 0 aliphatic heterocycles. The Balaban J connectivity index is 0.000000261. The van der Waals surface area contributed by atoms with Gasteiger partial charge in [-0.3, -0.25) is 5.32 Å². The number of benzene rings is 3. The minimum absolute atomic E-state index is 0.00978. The maximum absolute atomic E-state index is 12.9. The van der Waals surface area contributed by atoms with Crippen molar-refractivity contribution >= 4 is 17.5 Å². The zero-order chi connectivity index (χ0) is 20.5. The number of ether oxygens (including phenoxy) is 1. The summed E-state index contributed by atoms with van der Waals surface area (Å²) in [5, 5.41) is 2.25. The van der Waals surface area contributed by atoms with Gasteiger partial charge in [-0.05, 0) is 29.8 Å². The van der Waals surface area contributed by atoms with Crippen molar-refractivity contribution in [3.8, 4) is 0 Å². The van der Waals surface area contributed by atoms with E-state index in [-0.39, 0.29) is 18.0 Å². The molecule has 0 atom stereocenters. The van der Waals surface area contributed by atoms with Gasteiger partial charge in [-0.15, -0.1) is 0 Å². The number of anilines is 2. The summed E-state index contributed by atoms with van der Waals surface area (Å²) in [4.78, 5) is 11.4. The molecule has 0 spiro atoms. The standard InChI is InChI=1S/C14H11F2NO2.C6H5F2N/c15-11-6-12(16)8-13(7-11)17-14(18)19-9-10-4-2-1-3-5-10;7-4-1-5(8)3-6(9)2-4/h1-8H,9H2,(H,17,18);1-3H,9H2. The molecule has 0 bridgehead atoms. The fourth-order valence-corrected chi connectivity index (χ4v) is 2.08. The van der Waals surface area contributed by atoms with Crippen molar-refractivity contribution in [2.24, 2.45) is 0 Å². The number of hydrogen-bond acceptors (Lipinski definition) is 3. The summed E-state index contributed by atoms with van der Waals surface area (Å²) in [6.45, 7) is 0.0878. The third kappa shape index (κ3) is 7.36. The molecule has 1 amide bonds. The van der Waals surface area contributed by atoms with Crippen molar-refractivity contribution in [2.75, 3.05) is 11.1 Å². The number of hydrogen-bond donors (Lipinski definition) is 2. The van der Waals surface area contributed by atoms with E-state index >= 15 is 0 Å². The van der Waals surface area contributed by atoms with Crippen LogP contribution in [0.4, 0.5) is 33.7 Å². The van der Waals surface area contributed by atoms with E-state index in [2.05, 4.69) is 5.32 Å². The lowest BCUT2D eigenvalue weighted by molar-refractivity contribution is 0.155. The number of nitrogens with two attached hydrogens (primary N) is 1. The zero-order valence-electron chi connectivity index (χ0n) is 14.5. The van der Waals surface area contributed by atoms with Crippen LogP contribution in [0, 0.1) is 23.3 Å². The first kappa shape index (κ1) is 20.8. The van der Waals surface area contributed by atoms with E-state index in [4.69, 9.17) is 10.5 Å². The van der Waals surface area contributed by atoms with E-state index in [1.807, 2.05) is 18.2 Å². The molecule has 146 valence electrons. The summed E-state index contributed by atoms with van der Waals surface area (Å²) in [5.41, 5.74) is 6.02. The molecule has 3 rings (SSSR count). The highest BCUT2D eigenvalue weighted by Crippen LogP contribution is 2.13. The fourth-order valence-electron chi connectivity index (χ4n) is 2.08. The minimum Gasteiger partial charge on any atom is -0.444 e. The van der Waals surface area contributed by atoms with Gasteiger partial charge in [0.15, 0.2) is 0 Å². The second-order valence-electron chi connectivity index (χ2n) is 5.55. The predicted octanol–water partition coefficient (Wildman–Crippen LogP) is 5.26. The van der Waals surface area contributed by atoms with Gasteiger partial charge in [-0.1, -0.05) is 30.3 Å². The Morgan fingerprint density at radius 3 is 1.82 bits per heavy atom. The predicted molar refractivity (Wildman–Crippen MR) is 97.4 cm³/mol. The lowest BCUT2D eigenvalue weighted by atomic mass is 10.2. The Labute approximate surface area is 158 Å². The Morgan fingerprint density at radius 2 is 1.32 bits per heavy atom. The van der Waals surface area contributed by atoms with Crippen LogP contribution in [0.25, 0.3) is 0 Å². The van der Waals surface area contributed by atoms with E-state index in [0.29, 0.717) is 0 Å². The number of carbonyl (C=O) groups excluding carboxylic acids is 1. The summed E-state index contributed by atoms with van der Waals surface area (Å²) in [7, 11) is 0. The molecule has 0 saturated carbocycles. The molecule has 0 saturated heterocycles. The van der Waals surface area contributed by atoms with Crippen LogP contribution in [0.5, 0.6) is 0 Å². The molecular weight excluding hydrogens is 376 g/mol. The zero-order valence-corrected chi connectivity index (χ0v) is 14.5. The van der Waals surface area contributed by atoms with Gasteiger partial charge in [0.25, 0.3) is 0 Å². The lowest BCUT2D eigenvalue weighted by Crippen LogP contribution is -2.13. The molecule has 0 aliphatic carbocycles. The van der Waals surface area contributed by atoms with E-state index in [9.17, 15) is 22.4 Å². The monoisotopic (exact) mass is 392 g/mol. The molecule has 0 aromatic heterocycles. The number of carbonyl (C=O) groups is 1. The number of halogens is 4. The molecular formula is C20H16F4N2O2. The first-order chi connectivity index (χ1) is 13.3. The van der Waals surface area contributed by atoms with Crippen LogP contribution in [-0.4, -0.2) is 6.09 Å². The molecule has 0 unspecified atom stereocenters. The van der Waals surface area contributed by atoms with Crippen molar-refractivity contribution in [3.05, 3.63) is 95.6 Å². The van der Waals surface area contributed by atoms with Crippen molar-refractivity contribution in [1.82, 2.24) is 0 Å². The van der Waals surface area contributed by atoms with Crippen molar-refractivity contribution < 1.29 is 27.1 Å². The minimum atomic E-state index is -0.770. The normalized spacial score (nSPS) is 9.86. The summed E-state index contributed by atoms with van der Waals surface area (Å²) < 4.78 is 54.9. The Bertz CT molecular complexity index is 866. The van der Waals surface area contributed by atoms with Crippen LogP contribution in [-0.2, 0) is 11.3 Å². The van der Waals surface area contributed by atoms with Crippen LogP contribution >= 0.6 is 0 Å². The summed E-state index contributed by atoms with van der Waals surface area (Å²) in [6.07, 6.45) is -0.770. The van der Waals surface area contributed by atoms with Crippen LogP contribution in [0.3, 0.4) is 0 Å².